The van der Waals surface area contributed by atoms with Crippen molar-refractivity contribution >= 4 is 25.3 Å². The van der Waals surface area contributed by atoms with Crippen LogP contribution in [0.4, 0.5) is 0 Å². The molecule has 1 aliphatic carbocycles. The van der Waals surface area contributed by atoms with Crippen LogP contribution in [-0.4, -0.2) is 20.3 Å². The molecule has 0 spiro atoms. The fraction of sp³-hybridized carbons (Fsp3) is 0.0833. The number of nitrogens with zero attached hydrogens (tertiary/aromatic N) is 2. The minimum atomic E-state index is -4.69. The Bertz CT molecular complexity index is 659. The Morgan fingerprint density at radius 3 is 2.60 bits per heavy atom. The number of rotatable bonds is 4. The van der Waals surface area contributed by atoms with Gasteiger partial charge in [0.05, 0.1) is 6.42 Å². The van der Waals surface area contributed by atoms with E-state index in [9.17, 15) is 4.57 Å². The maximum absolute atomic E-state index is 10.9. The molecule has 104 valence electrons. The zero-order valence-electron chi connectivity index (χ0n) is 10.2. The van der Waals surface area contributed by atoms with E-state index in [1.165, 1.54) is 17.8 Å². The van der Waals surface area contributed by atoms with E-state index in [0.29, 0.717) is 0 Å². The Morgan fingerprint density at radius 1 is 1.30 bits per heavy atom. The number of hydrogen-bond acceptors (Lipinski definition) is 3. The van der Waals surface area contributed by atoms with Crippen LogP contribution in [0.2, 0.25) is 0 Å². The van der Waals surface area contributed by atoms with Crippen molar-refractivity contribution in [1.82, 2.24) is 0 Å². The first-order chi connectivity index (χ1) is 9.48. The van der Waals surface area contributed by atoms with Crippen molar-refractivity contribution in [2.24, 2.45) is 0 Å². The molecule has 0 unspecified atom stereocenters. The predicted octanol–water partition coefficient (Wildman–Crippen LogP) is 2.73. The average Bonchev–Trinajstić information content (AvgIpc) is 2.38. The number of allylic oxidation sites excluding steroid dienone is 3. The third-order valence-corrected chi connectivity index (χ3v) is 3.83. The van der Waals surface area contributed by atoms with Crippen LogP contribution in [0.1, 0.15) is 6.42 Å². The lowest BCUT2D eigenvalue weighted by Gasteiger charge is -2.12. The molecule has 0 fully saturated rings. The molecule has 2 N–H and O–H groups in total. The van der Waals surface area contributed by atoms with Crippen molar-refractivity contribution in [3.05, 3.63) is 58.7 Å². The molecule has 0 atom stereocenters. The van der Waals surface area contributed by atoms with E-state index in [-0.39, 0.29) is 17.9 Å². The van der Waals surface area contributed by atoms with Gasteiger partial charge in [0.25, 0.3) is 0 Å². The summed E-state index contributed by atoms with van der Waals surface area (Å²) in [6, 6.07) is 9.51. The lowest BCUT2D eigenvalue weighted by Crippen LogP contribution is -2.09. The molecule has 0 aliphatic heterocycles. The molecule has 8 heteroatoms. The maximum Gasteiger partial charge on any atom is 0.525 e. The highest BCUT2D eigenvalue weighted by Gasteiger charge is 2.28. The molecule has 1 aliphatic rings. The van der Waals surface area contributed by atoms with Gasteiger partial charge < -0.3 is 10.1 Å². The SMILES string of the molecule is [N-]=[N+]=C1CC=C(Sc2ccccc2)C=C1OP(=O)(O)O. The van der Waals surface area contributed by atoms with E-state index < -0.39 is 7.82 Å². The molecule has 0 bridgehead atoms. The number of phosphoric acid groups is 1. The number of thioether (sulfide) groups is 1. The average molecular weight is 310 g/mol. The second kappa shape index (κ2) is 6.22. The van der Waals surface area contributed by atoms with Gasteiger partial charge in [0.2, 0.25) is 5.76 Å². The molecule has 1 aromatic rings. The molecule has 20 heavy (non-hydrogen) atoms. The van der Waals surface area contributed by atoms with Crippen LogP contribution in [-0.2, 0) is 9.09 Å². The molecule has 1 aromatic carbocycles. The molecule has 0 aromatic heterocycles. The second-order valence-electron chi connectivity index (χ2n) is 3.86. The quantitative estimate of drug-likeness (QED) is 0.505. The standard InChI is InChI=1S/C12H11N2O4PS/c13-14-11-7-6-10(8-12(11)18-19(15,16)17)20-9-4-2-1-3-5-9/h1-6,8H,7H2,(H2,15,16,17). The Morgan fingerprint density at radius 2 is 2.00 bits per heavy atom. The topological polar surface area (TPSA) is 103 Å². The Kier molecular flexibility index (Phi) is 4.60. The summed E-state index contributed by atoms with van der Waals surface area (Å²) in [5, 5.41) is 0. The molecule has 2 rings (SSSR count). The molecular formula is C12H11N2O4PS. The van der Waals surface area contributed by atoms with Gasteiger partial charge in [-0.1, -0.05) is 36.0 Å². The molecule has 0 saturated carbocycles. The van der Waals surface area contributed by atoms with Crippen molar-refractivity contribution in [1.29, 1.82) is 0 Å². The first kappa shape index (κ1) is 14.8. The monoisotopic (exact) mass is 310 g/mol. The largest absolute Gasteiger partial charge is 0.525 e. The molecule has 0 radical (unpaired) electrons. The summed E-state index contributed by atoms with van der Waals surface area (Å²) in [7, 11) is -4.69. The van der Waals surface area contributed by atoms with Gasteiger partial charge in [0.15, 0.2) is 0 Å². The molecule has 6 nitrogen and oxygen atoms in total. The van der Waals surface area contributed by atoms with E-state index in [0.717, 1.165) is 9.80 Å². The number of hydrogen-bond donors (Lipinski definition) is 2. The van der Waals surface area contributed by atoms with E-state index in [2.05, 4.69) is 9.31 Å². The third-order valence-electron chi connectivity index (χ3n) is 2.37. The van der Waals surface area contributed by atoms with Crippen LogP contribution >= 0.6 is 19.6 Å². The van der Waals surface area contributed by atoms with Crippen LogP contribution < -0.4 is 0 Å². The Hall–Kier alpha value is -1.62. The lowest BCUT2D eigenvalue weighted by atomic mass is 10.1. The minimum Gasteiger partial charge on any atom is -0.396 e. The van der Waals surface area contributed by atoms with Crippen molar-refractivity contribution < 1.29 is 23.7 Å². The number of phosphoric ester groups is 1. The lowest BCUT2D eigenvalue weighted by molar-refractivity contribution is -0.00993. The van der Waals surface area contributed by atoms with Crippen LogP contribution in [0.3, 0.4) is 0 Å². The molecule has 0 amide bonds. The van der Waals surface area contributed by atoms with Crippen molar-refractivity contribution in [3.63, 3.8) is 0 Å². The highest BCUT2D eigenvalue weighted by molar-refractivity contribution is 8.03. The summed E-state index contributed by atoms with van der Waals surface area (Å²) in [5.41, 5.74) is 8.89. The fourth-order valence-corrected chi connectivity index (χ4v) is 2.87. The first-order valence-corrected chi connectivity index (χ1v) is 7.94. The van der Waals surface area contributed by atoms with Gasteiger partial charge in [-0.15, -0.1) is 0 Å². The maximum atomic E-state index is 10.9. The summed E-state index contributed by atoms with van der Waals surface area (Å²) >= 11 is 1.42. The zero-order chi connectivity index (χ0) is 14.6. The van der Waals surface area contributed by atoms with Crippen LogP contribution in [0.5, 0.6) is 0 Å². The second-order valence-corrected chi connectivity index (χ2v) is 6.17. The predicted molar refractivity (Wildman–Crippen MR) is 74.8 cm³/mol. The van der Waals surface area contributed by atoms with E-state index in [4.69, 9.17) is 15.3 Å². The smallest absolute Gasteiger partial charge is 0.396 e. The highest BCUT2D eigenvalue weighted by Crippen LogP contribution is 2.41. The van der Waals surface area contributed by atoms with Gasteiger partial charge in [0.1, 0.15) is 0 Å². The zero-order valence-corrected chi connectivity index (χ0v) is 11.9. The Labute approximate surface area is 119 Å². The van der Waals surface area contributed by atoms with Gasteiger partial charge in [-0.2, -0.15) is 4.79 Å². The minimum absolute atomic E-state index is 0.0748. The summed E-state index contributed by atoms with van der Waals surface area (Å²) in [6.07, 6.45) is 3.46. The molecule has 0 saturated heterocycles. The fourth-order valence-electron chi connectivity index (χ4n) is 1.56. The third kappa shape index (κ3) is 4.20. The van der Waals surface area contributed by atoms with Crippen molar-refractivity contribution in [2.75, 3.05) is 0 Å². The summed E-state index contributed by atoms with van der Waals surface area (Å²) in [6.45, 7) is 0. The van der Waals surface area contributed by atoms with Gasteiger partial charge in [-0.05, 0) is 12.1 Å². The highest BCUT2D eigenvalue weighted by atomic mass is 32.2. The summed E-state index contributed by atoms with van der Waals surface area (Å²) in [5.74, 6) is -0.123. The van der Waals surface area contributed by atoms with Crippen LogP contribution in [0.25, 0.3) is 5.53 Å². The van der Waals surface area contributed by atoms with E-state index >= 15 is 0 Å². The summed E-state index contributed by atoms with van der Waals surface area (Å²) < 4.78 is 15.4. The first-order valence-electron chi connectivity index (χ1n) is 5.59. The van der Waals surface area contributed by atoms with E-state index in [1.54, 1.807) is 6.08 Å². The van der Waals surface area contributed by atoms with Crippen molar-refractivity contribution in [2.45, 2.75) is 11.3 Å². The van der Waals surface area contributed by atoms with Crippen molar-refractivity contribution in [3.8, 4) is 0 Å². The van der Waals surface area contributed by atoms with Crippen LogP contribution in [0, 0.1) is 0 Å². The number of benzene rings is 1. The van der Waals surface area contributed by atoms with Gasteiger partial charge >= 0.3 is 13.5 Å². The van der Waals surface area contributed by atoms with Gasteiger partial charge in [-0.3, -0.25) is 9.79 Å². The Balaban J connectivity index is 2.22. The van der Waals surface area contributed by atoms with Gasteiger partial charge in [0, 0.05) is 15.9 Å². The normalized spacial score (nSPS) is 15.2. The van der Waals surface area contributed by atoms with E-state index in [1.807, 2.05) is 30.3 Å². The van der Waals surface area contributed by atoms with Gasteiger partial charge in [-0.25, -0.2) is 4.57 Å². The molecular weight excluding hydrogens is 299 g/mol. The van der Waals surface area contributed by atoms with Crippen LogP contribution in [0.15, 0.2) is 58.0 Å². The summed E-state index contributed by atoms with van der Waals surface area (Å²) in [4.78, 5) is 22.4. The molecule has 0 heterocycles.